The average molecular weight is 486 g/mol. The number of aromatic nitrogens is 3. The van der Waals surface area contributed by atoms with Crippen LogP contribution in [0.25, 0.3) is 11.3 Å². The van der Waals surface area contributed by atoms with Crippen molar-refractivity contribution in [3.63, 3.8) is 0 Å². The maximum Gasteiger partial charge on any atom is 0.416 e. The number of anilines is 1. The van der Waals surface area contributed by atoms with E-state index in [1.54, 1.807) is 37.5 Å². The summed E-state index contributed by atoms with van der Waals surface area (Å²) in [5, 5.41) is 0. The lowest BCUT2D eigenvalue weighted by atomic mass is 10.2. The lowest BCUT2D eigenvalue weighted by Crippen LogP contribution is -2.14. The van der Waals surface area contributed by atoms with Gasteiger partial charge in [-0.05, 0) is 67.1 Å². The standard InChI is InChI=1S/C23H17F3N4O3S/c1-15-12-17(30-34(31,32)18-5-2-4-16(13-18)23(24,25)26)7-8-21(15)33-22-19(6-3-10-28-22)20-9-11-27-14-29-20/h2-14,30H,1H3. The van der Waals surface area contributed by atoms with Gasteiger partial charge < -0.3 is 4.74 Å². The van der Waals surface area contributed by atoms with Crippen LogP contribution in [0.1, 0.15) is 11.1 Å². The highest BCUT2D eigenvalue weighted by Gasteiger charge is 2.31. The molecule has 11 heteroatoms. The molecule has 0 bridgehead atoms. The van der Waals surface area contributed by atoms with Crippen LogP contribution < -0.4 is 9.46 Å². The van der Waals surface area contributed by atoms with E-state index in [0.29, 0.717) is 34.5 Å². The number of halogens is 3. The molecule has 34 heavy (non-hydrogen) atoms. The second-order valence-corrected chi connectivity index (χ2v) is 8.85. The Labute approximate surface area is 193 Å². The van der Waals surface area contributed by atoms with Crippen LogP contribution in [0.4, 0.5) is 18.9 Å². The third kappa shape index (κ3) is 5.15. The average Bonchev–Trinajstić information content (AvgIpc) is 2.81. The molecule has 0 unspecified atom stereocenters. The van der Waals surface area contributed by atoms with Crippen molar-refractivity contribution < 1.29 is 26.3 Å². The molecule has 0 spiro atoms. The van der Waals surface area contributed by atoms with Crippen molar-refractivity contribution in [3.05, 3.63) is 90.5 Å². The quantitative estimate of drug-likeness (QED) is 0.389. The molecule has 1 N–H and O–H groups in total. The van der Waals surface area contributed by atoms with Gasteiger partial charge in [-0.15, -0.1) is 0 Å². The second kappa shape index (κ2) is 9.10. The summed E-state index contributed by atoms with van der Waals surface area (Å²) in [6.07, 6.45) is -0.0948. The monoisotopic (exact) mass is 486 g/mol. The molecule has 0 amide bonds. The highest BCUT2D eigenvalue weighted by Crippen LogP contribution is 2.33. The molecular weight excluding hydrogens is 469 g/mol. The van der Waals surface area contributed by atoms with Crippen LogP contribution in [0.3, 0.4) is 0 Å². The Morgan fingerprint density at radius 3 is 2.47 bits per heavy atom. The lowest BCUT2D eigenvalue weighted by molar-refractivity contribution is -0.137. The van der Waals surface area contributed by atoms with Gasteiger partial charge >= 0.3 is 6.18 Å². The number of aryl methyl sites for hydroxylation is 1. The number of hydrogen-bond donors (Lipinski definition) is 1. The zero-order valence-electron chi connectivity index (χ0n) is 17.6. The largest absolute Gasteiger partial charge is 0.438 e. The maximum absolute atomic E-state index is 13.0. The van der Waals surface area contributed by atoms with Gasteiger partial charge in [0.15, 0.2) is 0 Å². The summed E-state index contributed by atoms with van der Waals surface area (Å²) in [7, 11) is -4.24. The Morgan fingerprint density at radius 1 is 0.941 bits per heavy atom. The van der Waals surface area contributed by atoms with Crippen molar-refractivity contribution in [1.82, 2.24) is 15.0 Å². The molecule has 174 valence electrons. The number of benzene rings is 2. The molecule has 0 atom stereocenters. The van der Waals surface area contributed by atoms with Gasteiger partial charge in [-0.25, -0.2) is 23.4 Å². The number of rotatable bonds is 6. The summed E-state index contributed by atoms with van der Waals surface area (Å²) < 4.78 is 72.4. The van der Waals surface area contributed by atoms with E-state index in [0.717, 1.165) is 18.2 Å². The molecular formula is C23H17F3N4O3S. The Morgan fingerprint density at radius 2 is 1.76 bits per heavy atom. The molecule has 2 aromatic carbocycles. The number of alkyl halides is 3. The van der Waals surface area contributed by atoms with Crippen LogP contribution in [0.15, 0.2) is 84.3 Å². The fourth-order valence-electron chi connectivity index (χ4n) is 3.10. The van der Waals surface area contributed by atoms with E-state index < -0.39 is 26.7 Å². The Kier molecular flexibility index (Phi) is 6.20. The second-order valence-electron chi connectivity index (χ2n) is 7.16. The Hall–Kier alpha value is -3.99. The number of nitrogens with one attached hydrogen (secondary N) is 1. The molecule has 0 radical (unpaired) electrons. The molecule has 2 heterocycles. The first-order chi connectivity index (χ1) is 16.1. The molecule has 2 aromatic heterocycles. The van der Waals surface area contributed by atoms with Crippen LogP contribution in [-0.2, 0) is 16.2 Å². The predicted octanol–water partition coefficient (Wildman–Crippen LogP) is 5.46. The van der Waals surface area contributed by atoms with Crippen LogP contribution in [-0.4, -0.2) is 23.4 Å². The van der Waals surface area contributed by atoms with Crippen LogP contribution in [0.2, 0.25) is 0 Å². The normalized spacial score (nSPS) is 11.8. The minimum atomic E-state index is -4.66. The SMILES string of the molecule is Cc1cc(NS(=O)(=O)c2cccc(C(F)(F)F)c2)ccc1Oc1ncccc1-c1ccncn1. The zero-order valence-corrected chi connectivity index (χ0v) is 18.4. The summed E-state index contributed by atoms with van der Waals surface area (Å²) in [6, 6.07) is 13.3. The van der Waals surface area contributed by atoms with E-state index in [9.17, 15) is 21.6 Å². The van der Waals surface area contributed by atoms with E-state index >= 15 is 0 Å². The molecule has 0 aliphatic heterocycles. The van der Waals surface area contributed by atoms with Gasteiger partial charge in [0.05, 0.1) is 21.7 Å². The summed E-state index contributed by atoms with van der Waals surface area (Å²) in [5.41, 5.74) is 0.938. The summed E-state index contributed by atoms with van der Waals surface area (Å²) in [4.78, 5) is 11.9. The minimum Gasteiger partial charge on any atom is -0.438 e. The maximum atomic E-state index is 13.0. The summed E-state index contributed by atoms with van der Waals surface area (Å²) >= 11 is 0. The molecule has 4 aromatic rings. The number of nitrogens with zero attached hydrogens (tertiary/aromatic N) is 3. The van der Waals surface area contributed by atoms with E-state index in [1.165, 1.54) is 24.5 Å². The van der Waals surface area contributed by atoms with Gasteiger partial charge in [0, 0.05) is 18.1 Å². The molecule has 0 aliphatic carbocycles. The number of hydrogen-bond acceptors (Lipinski definition) is 6. The molecule has 4 rings (SSSR count). The first kappa shape index (κ1) is 23.2. The Balaban J connectivity index is 1.57. The fourth-order valence-corrected chi connectivity index (χ4v) is 4.20. The van der Waals surface area contributed by atoms with Crippen molar-refractivity contribution in [3.8, 4) is 22.9 Å². The van der Waals surface area contributed by atoms with Crippen LogP contribution in [0, 0.1) is 6.92 Å². The van der Waals surface area contributed by atoms with Crippen molar-refractivity contribution in [2.75, 3.05) is 4.72 Å². The van der Waals surface area contributed by atoms with Crippen LogP contribution >= 0.6 is 0 Å². The van der Waals surface area contributed by atoms with Gasteiger partial charge in [-0.2, -0.15) is 13.2 Å². The van der Waals surface area contributed by atoms with Crippen LogP contribution in [0.5, 0.6) is 11.6 Å². The number of ether oxygens (including phenoxy) is 1. The van der Waals surface area contributed by atoms with Gasteiger partial charge in [0.1, 0.15) is 12.1 Å². The molecule has 0 saturated heterocycles. The molecule has 0 aliphatic rings. The molecule has 0 fully saturated rings. The van der Waals surface area contributed by atoms with Crippen molar-refractivity contribution >= 4 is 15.7 Å². The molecule has 7 nitrogen and oxygen atoms in total. The fraction of sp³-hybridized carbons (Fsp3) is 0.0870. The first-order valence-electron chi connectivity index (χ1n) is 9.83. The highest BCUT2D eigenvalue weighted by molar-refractivity contribution is 7.92. The minimum absolute atomic E-state index is 0.166. The molecule has 0 saturated carbocycles. The summed E-state index contributed by atoms with van der Waals surface area (Å²) in [6.45, 7) is 1.70. The van der Waals surface area contributed by atoms with E-state index in [1.807, 2.05) is 0 Å². The van der Waals surface area contributed by atoms with Crippen molar-refractivity contribution in [2.24, 2.45) is 0 Å². The Bertz CT molecular complexity index is 1430. The number of pyridine rings is 1. The summed E-state index contributed by atoms with van der Waals surface area (Å²) in [5.74, 6) is 0.706. The van der Waals surface area contributed by atoms with Crippen molar-refractivity contribution in [2.45, 2.75) is 18.0 Å². The number of sulfonamides is 1. The van der Waals surface area contributed by atoms with E-state index in [2.05, 4.69) is 19.7 Å². The van der Waals surface area contributed by atoms with Crippen molar-refractivity contribution in [1.29, 1.82) is 0 Å². The third-order valence-corrected chi connectivity index (χ3v) is 6.11. The van der Waals surface area contributed by atoms with E-state index in [4.69, 9.17) is 4.74 Å². The van der Waals surface area contributed by atoms with Gasteiger partial charge in [-0.1, -0.05) is 6.07 Å². The lowest BCUT2D eigenvalue weighted by Gasteiger charge is -2.14. The van der Waals surface area contributed by atoms with Gasteiger partial charge in [-0.3, -0.25) is 4.72 Å². The van der Waals surface area contributed by atoms with Gasteiger partial charge in [0.25, 0.3) is 10.0 Å². The van der Waals surface area contributed by atoms with Gasteiger partial charge in [0.2, 0.25) is 5.88 Å². The smallest absolute Gasteiger partial charge is 0.416 e. The first-order valence-corrected chi connectivity index (χ1v) is 11.3. The highest BCUT2D eigenvalue weighted by atomic mass is 32.2. The topological polar surface area (TPSA) is 94.1 Å². The zero-order chi connectivity index (χ0) is 24.3. The third-order valence-electron chi connectivity index (χ3n) is 4.73. The van der Waals surface area contributed by atoms with E-state index in [-0.39, 0.29) is 5.69 Å². The predicted molar refractivity (Wildman–Crippen MR) is 119 cm³/mol.